The molecule has 2 aromatic heterocycles. The first-order valence-electron chi connectivity index (χ1n) is 9.27. The van der Waals surface area contributed by atoms with Gasteiger partial charge in [-0.15, -0.1) is 0 Å². The fourth-order valence-electron chi connectivity index (χ4n) is 2.93. The highest BCUT2D eigenvalue weighted by molar-refractivity contribution is 7.95. The second-order valence-electron chi connectivity index (χ2n) is 6.56. The molecule has 2 aromatic carbocycles. The monoisotopic (exact) mass is 463 g/mol. The van der Waals surface area contributed by atoms with Crippen LogP contribution in [0, 0.1) is 11.3 Å². The standard InChI is InChI=1S/C23H14ClN3O4S/c24-16-9-11-17(12-10-16)31-22-20(23(28)27-13-5-4-8-21(27)26-22)14-19(15-25)32(29,30)18-6-2-1-3-7-18/h1-14H/b19-14+. The van der Waals surface area contributed by atoms with Gasteiger partial charge in [0, 0.05) is 11.2 Å². The topological polar surface area (TPSA) is 102 Å². The molecule has 7 nitrogen and oxygen atoms in total. The molecular weight excluding hydrogens is 450 g/mol. The summed E-state index contributed by atoms with van der Waals surface area (Å²) in [7, 11) is -4.16. The number of aromatic nitrogens is 2. The van der Waals surface area contributed by atoms with Gasteiger partial charge in [0.25, 0.3) is 5.56 Å². The molecule has 0 bridgehead atoms. The van der Waals surface area contributed by atoms with Crippen molar-refractivity contribution in [3.63, 3.8) is 0 Å². The maximum atomic E-state index is 13.2. The van der Waals surface area contributed by atoms with Crippen LogP contribution in [-0.4, -0.2) is 17.8 Å². The van der Waals surface area contributed by atoms with E-state index in [1.807, 2.05) is 0 Å². The van der Waals surface area contributed by atoms with Crippen molar-refractivity contribution in [2.45, 2.75) is 4.90 Å². The van der Waals surface area contributed by atoms with Crippen molar-refractivity contribution in [1.82, 2.24) is 9.38 Å². The number of nitriles is 1. The second-order valence-corrected chi connectivity index (χ2v) is 8.91. The third-order valence-electron chi connectivity index (χ3n) is 4.49. The third kappa shape index (κ3) is 4.12. The molecule has 0 radical (unpaired) electrons. The zero-order chi connectivity index (χ0) is 22.7. The Morgan fingerprint density at radius 3 is 2.41 bits per heavy atom. The van der Waals surface area contributed by atoms with Crippen molar-refractivity contribution < 1.29 is 13.2 Å². The summed E-state index contributed by atoms with van der Waals surface area (Å²) in [6.07, 6.45) is 2.48. The normalized spacial score (nSPS) is 11.8. The molecule has 0 saturated heterocycles. The highest BCUT2D eigenvalue weighted by Crippen LogP contribution is 2.27. The molecule has 4 aromatic rings. The van der Waals surface area contributed by atoms with Gasteiger partial charge in [-0.1, -0.05) is 35.9 Å². The van der Waals surface area contributed by atoms with Crippen LogP contribution in [0.25, 0.3) is 11.7 Å². The Hall–Kier alpha value is -3.93. The van der Waals surface area contributed by atoms with E-state index in [1.165, 1.54) is 22.7 Å². The van der Waals surface area contributed by atoms with Gasteiger partial charge in [0.1, 0.15) is 27.9 Å². The number of halogens is 1. The summed E-state index contributed by atoms with van der Waals surface area (Å²) in [5.74, 6) is 0.195. The maximum absolute atomic E-state index is 13.2. The van der Waals surface area contributed by atoms with Crippen LogP contribution in [0.1, 0.15) is 5.56 Å². The van der Waals surface area contributed by atoms with Crippen LogP contribution < -0.4 is 10.3 Å². The molecule has 9 heteroatoms. The van der Waals surface area contributed by atoms with E-state index in [4.69, 9.17) is 16.3 Å². The molecule has 0 saturated carbocycles. The van der Waals surface area contributed by atoms with Crippen LogP contribution in [0.5, 0.6) is 11.6 Å². The van der Waals surface area contributed by atoms with Gasteiger partial charge in [0.15, 0.2) is 0 Å². The Morgan fingerprint density at radius 1 is 1.03 bits per heavy atom. The number of hydrogen-bond donors (Lipinski definition) is 0. The second kappa shape index (κ2) is 8.67. The van der Waals surface area contributed by atoms with Crippen molar-refractivity contribution in [3.8, 4) is 17.7 Å². The molecule has 158 valence electrons. The lowest BCUT2D eigenvalue weighted by atomic mass is 10.2. The lowest BCUT2D eigenvalue weighted by Gasteiger charge is -2.10. The molecule has 0 aliphatic heterocycles. The smallest absolute Gasteiger partial charge is 0.269 e. The molecule has 0 aliphatic carbocycles. The Labute approximate surface area is 188 Å². The van der Waals surface area contributed by atoms with E-state index in [9.17, 15) is 18.5 Å². The Morgan fingerprint density at radius 2 is 1.72 bits per heavy atom. The van der Waals surface area contributed by atoms with E-state index < -0.39 is 20.3 Å². The summed E-state index contributed by atoms with van der Waals surface area (Å²) < 4.78 is 33.0. The van der Waals surface area contributed by atoms with E-state index in [0.29, 0.717) is 16.4 Å². The van der Waals surface area contributed by atoms with Gasteiger partial charge < -0.3 is 4.74 Å². The van der Waals surface area contributed by atoms with Crippen molar-refractivity contribution in [2.75, 3.05) is 0 Å². The number of nitrogens with zero attached hydrogens (tertiary/aromatic N) is 3. The molecule has 0 N–H and O–H groups in total. The minimum atomic E-state index is -4.16. The summed E-state index contributed by atoms with van der Waals surface area (Å²) in [6, 6.07) is 20.5. The van der Waals surface area contributed by atoms with Crippen LogP contribution in [0.4, 0.5) is 0 Å². The maximum Gasteiger partial charge on any atom is 0.269 e. The number of ether oxygens (including phenoxy) is 1. The molecular formula is C23H14ClN3O4S. The number of fused-ring (bicyclic) bond motifs is 1. The predicted octanol–water partition coefficient (Wildman–Crippen LogP) is 4.48. The fraction of sp³-hybridized carbons (Fsp3) is 0. The summed E-state index contributed by atoms with van der Waals surface area (Å²) in [5, 5.41) is 10.1. The first-order chi connectivity index (χ1) is 15.4. The lowest BCUT2D eigenvalue weighted by molar-refractivity contribution is 0.461. The number of pyridine rings is 1. The molecule has 2 heterocycles. The predicted molar refractivity (Wildman–Crippen MR) is 120 cm³/mol. The summed E-state index contributed by atoms with van der Waals surface area (Å²) >= 11 is 5.91. The van der Waals surface area contributed by atoms with E-state index in [-0.39, 0.29) is 16.3 Å². The Kier molecular flexibility index (Phi) is 5.77. The SMILES string of the molecule is N#C/C(=C\c1c(Oc2ccc(Cl)cc2)nc2ccccn2c1=O)S(=O)(=O)c1ccccc1. The molecule has 4 rings (SSSR count). The Balaban J connectivity index is 1.93. The van der Waals surface area contributed by atoms with Gasteiger partial charge >= 0.3 is 0 Å². The van der Waals surface area contributed by atoms with Crippen LogP contribution in [0.2, 0.25) is 5.02 Å². The van der Waals surface area contributed by atoms with Gasteiger partial charge in [0.05, 0.1) is 4.90 Å². The van der Waals surface area contributed by atoms with Gasteiger partial charge in [0.2, 0.25) is 15.7 Å². The van der Waals surface area contributed by atoms with E-state index >= 15 is 0 Å². The minimum Gasteiger partial charge on any atom is -0.438 e. The molecule has 0 fully saturated rings. The van der Waals surface area contributed by atoms with Crippen molar-refractivity contribution in [2.24, 2.45) is 0 Å². The lowest BCUT2D eigenvalue weighted by Crippen LogP contribution is -2.19. The molecule has 0 spiro atoms. The van der Waals surface area contributed by atoms with E-state index in [1.54, 1.807) is 66.7 Å². The largest absolute Gasteiger partial charge is 0.438 e. The highest BCUT2D eigenvalue weighted by Gasteiger charge is 2.23. The van der Waals surface area contributed by atoms with Crippen LogP contribution >= 0.6 is 11.6 Å². The quantitative estimate of drug-likeness (QED) is 0.404. The number of sulfone groups is 1. The summed E-state index contributed by atoms with van der Waals surface area (Å²) in [6.45, 7) is 0. The third-order valence-corrected chi connectivity index (χ3v) is 6.42. The molecule has 0 unspecified atom stereocenters. The number of benzene rings is 2. The van der Waals surface area contributed by atoms with Crippen molar-refractivity contribution in [3.05, 3.63) is 105 Å². The zero-order valence-corrected chi connectivity index (χ0v) is 17.9. The van der Waals surface area contributed by atoms with Crippen molar-refractivity contribution >= 4 is 33.2 Å². The van der Waals surface area contributed by atoms with E-state index in [0.717, 1.165) is 6.08 Å². The van der Waals surface area contributed by atoms with Gasteiger partial charge in [-0.05, 0) is 54.6 Å². The van der Waals surface area contributed by atoms with Crippen LogP contribution in [-0.2, 0) is 9.84 Å². The van der Waals surface area contributed by atoms with Gasteiger partial charge in [-0.3, -0.25) is 9.20 Å². The fourth-order valence-corrected chi connectivity index (χ4v) is 4.21. The van der Waals surface area contributed by atoms with Gasteiger partial charge in [-0.2, -0.15) is 10.2 Å². The summed E-state index contributed by atoms with van der Waals surface area (Å²) in [4.78, 5) is 16.9. The molecule has 32 heavy (non-hydrogen) atoms. The molecule has 0 atom stereocenters. The summed E-state index contributed by atoms with van der Waals surface area (Å²) in [5.41, 5.74) is -0.474. The zero-order valence-electron chi connectivity index (χ0n) is 16.3. The van der Waals surface area contributed by atoms with Crippen LogP contribution in [0.15, 0.2) is 93.6 Å². The molecule has 0 aliphatic rings. The van der Waals surface area contributed by atoms with Gasteiger partial charge in [-0.25, -0.2) is 8.42 Å². The molecule has 0 amide bonds. The minimum absolute atomic E-state index is 0.0678. The van der Waals surface area contributed by atoms with Crippen LogP contribution in [0.3, 0.4) is 0 Å². The average molecular weight is 464 g/mol. The van der Waals surface area contributed by atoms with Crippen molar-refractivity contribution in [1.29, 1.82) is 5.26 Å². The number of hydrogen-bond acceptors (Lipinski definition) is 6. The average Bonchev–Trinajstić information content (AvgIpc) is 2.81. The first-order valence-corrected chi connectivity index (χ1v) is 11.1. The number of rotatable bonds is 5. The number of allylic oxidation sites excluding steroid dienone is 1. The van der Waals surface area contributed by atoms with E-state index in [2.05, 4.69) is 4.98 Å². The highest BCUT2D eigenvalue weighted by atomic mass is 35.5. The Bertz CT molecular complexity index is 1540. The first kappa shape index (κ1) is 21.3.